The third-order valence-electron chi connectivity index (χ3n) is 24.8. The summed E-state index contributed by atoms with van der Waals surface area (Å²) in [6.45, 7) is 0. The van der Waals surface area contributed by atoms with Crippen molar-refractivity contribution in [3.63, 3.8) is 0 Å². The Balaban J connectivity index is 0.640. The minimum Gasteiger partial charge on any atom is -0.292 e. The van der Waals surface area contributed by atoms with Crippen molar-refractivity contribution in [2.24, 2.45) is 0 Å². The van der Waals surface area contributed by atoms with E-state index >= 15 is 0 Å². The number of hydrogen-bond acceptors (Lipinski definition) is 9. The van der Waals surface area contributed by atoms with Gasteiger partial charge in [0.05, 0.1) is 89.2 Å². The molecule has 0 spiro atoms. The van der Waals surface area contributed by atoms with Crippen LogP contribution in [0, 0.1) is 11.3 Å². The van der Waals surface area contributed by atoms with E-state index in [1.165, 1.54) is 0 Å². The second kappa shape index (κ2) is 28.5. The third kappa shape index (κ3) is 11.7. The molecule has 8 heterocycles. The first-order chi connectivity index (χ1) is 61.9. The number of fused-ring (bicyclic) bond motifs is 15. The quantitative estimate of drug-likeness (QED) is 0.117. The lowest BCUT2D eigenvalue weighted by atomic mass is 9.95. The van der Waals surface area contributed by atoms with Gasteiger partial charge in [-0.2, -0.15) is 5.26 Å². The zero-order valence-corrected chi connectivity index (χ0v) is 67.0. The standard InChI is InChI=1S/C113H66N12/c114-66-68-42-44-73(45-43-68)108-111(120-95-37-15-13-35-93(95)117-108)123-100-53-51-82(57-88(100)89-56-76-25-7-10-28-79(76)62-102(89)123)70-48-46-69(47-49-70)74-31-17-32-75(55-74)83-50-52-97-99(61-83)122-113(124-101-41-18-34-86(71-21-3-1-4-22-71)106(101)90-58-77-26-8-11-29-80(77)63-103(90)124)110(119-97)98-40-19-39-92(116-98)85-60-87(72-23-5-2-6-24-72)107-91-59-78-27-9-12-30-81(78)64-104(91)125(105(107)65-85)112-109(84-33-20-54-115-67-84)118-94-36-14-16-38-96(94)121-112/h1-65,67H. The van der Waals surface area contributed by atoms with E-state index in [0.717, 1.165) is 215 Å². The van der Waals surface area contributed by atoms with Crippen LogP contribution in [0.25, 0.3) is 249 Å². The van der Waals surface area contributed by atoms with Crippen molar-refractivity contribution in [2.75, 3.05) is 0 Å². The van der Waals surface area contributed by atoms with Crippen LogP contribution in [0.15, 0.2) is 401 Å². The number of benzene rings is 17. The summed E-state index contributed by atoms with van der Waals surface area (Å²) >= 11 is 0. The van der Waals surface area contributed by atoms with Gasteiger partial charge in [0, 0.05) is 61.4 Å². The predicted molar refractivity (Wildman–Crippen MR) is 510 cm³/mol. The molecule has 0 bridgehead atoms. The minimum atomic E-state index is 0.582. The Morgan fingerprint density at radius 2 is 0.640 bits per heavy atom. The van der Waals surface area contributed by atoms with Gasteiger partial charge in [-0.3, -0.25) is 18.7 Å². The van der Waals surface area contributed by atoms with E-state index in [4.69, 9.17) is 34.9 Å². The Morgan fingerprint density at radius 3 is 1.26 bits per heavy atom. The normalized spacial score (nSPS) is 11.8. The molecule has 0 aliphatic heterocycles. The van der Waals surface area contributed by atoms with E-state index in [-0.39, 0.29) is 0 Å². The van der Waals surface area contributed by atoms with Gasteiger partial charge in [-0.05, 0) is 234 Å². The van der Waals surface area contributed by atoms with Crippen molar-refractivity contribution >= 4 is 131 Å². The molecule has 0 amide bonds. The molecule has 0 fully saturated rings. The first-order valence-electron chi connectivity index (χ1n) is 41.9. The van der Waals surface area contributed by atoms with Crippen LogP contribution in [0.2, 0.25) is 0 Å². The number of hydrogen-bond donors (Lipinski definition) is 0. The van der Waals surface area contributed by atoms with Gasteiger partial charge in [0.25, 0.3) is 0 Å². The van der Waals surface area contributed by atoms with Gasteiger partial charge >= 0.3 is 0 Å². The van der Waals surface area contributed by atoms with Crippen LogP contribution < -0.4 is 0 Å². The summed E-state index contributed by atoms with van der Waals surface area (Å²) in [5, 5.41) is 23.1. The van der Waals surface area contributed by atoms with Gasteiger partial charge in [0.2, 0.25) is 0 Å². The zero-order valence-electron chi connectivity index (χ0n) is 67.0. The maximum Gasteiger partial charge on any atom is 0.166 e. The van der Waals surface area contributed by atoms with Crippen LogP contribution >= 0.6 is 0 Å². The van der Waals surface area contributed by atoms with Gasteiger partial charge in [0.1, 0.15) is 17.1 Å². The summed E-state index contributed by atoms with van der Waals surface area (Å²) in [7, 11) is 0. The summed E-state index contributed by atoms with van der Waals surface area (Å²) < 4.78 is 6.91. The molecule has 0 saturated carbocycles. The molecule has 0 saturated heterocycles. The van der Waals surface area contributed by atoms with E-state index in [9.17, 15) is 5.26 Å². The molecule has 0 aliphatic carbocycles. The van der Waals surface area contributed by atoms with Crippen molar-refractivity contribution in [3.05, 3.63) is 406 Å². The number of aromatic nitrogens is 11. The van der Waals surface area contributed by atoms with Gasteiger partial charge in [0.15, 0.2) is 17.5 Å². The molecule has 0 N–H and O–H groups in total. The average Bonchev–Trinajstić information content (AvgIpc) is 1.58. The molecule has 0 atom stereocenters. The van der Waals surface area contributed by atoms with Crippen LogP contribution in [-0.2, 0) is 0 Å². The number of rotatable bonds is 12. The summed E-state index contributed by atoms with van der Waals surface area (Å²) in [5.41, 5.74) is 27.9. The zero-order chi connectivity index (χ0) is 82.3. The van der Waals surface area contributed by atoms with Crippen LogP contribution in [-0.4, -0.2) is 53.6 Å². The second-order valence-corrected chi connectivity index (χ2v) is 32.1. The lowest BCUT2D eigenvalue weighted by molar-refractivity contribution is 1.07. The second-order valence-electron chi connectivity index (χ2n) is 32.1. The molecule has 578 valence electrons. The molecule has 25 aromatic rings. The first kappa shape index (κ1) is 70.7. The molecule has 25 rings (SSSR count). The summed E-state index contributed by atoms with van der Waals surface area (Å²) in [5.74, 6) is 2.04. The van der Waals surface area contributed by atoms with E-state index in [2.05, 4.69) is 334 Å². The van der Waals surface area contributed by atoms with Gasteiger partial charge in [-0.1, -0.05) is 243 Å². The third-order valence-corrected chi connectivity index (χ3v) is 24.8. The summed E-state index contributed by atoms with van der Waals surface area (Å²) in [6, 6.07) is 139. The topological polar surface area (TPSA) is 142 Å². The highest BCUT2D eigenvalue weighted by Crippen LogP contribution is 2.48. The first-order valence-corrected chi connectivity index (χ1v) is 41.9. The minimum absolute atomic E-state index is 0.582. The smallest absolute Gasteiger partial charge is 0.166 e. The van der Waals surface area contributed by atoms with Crippen molar-refractivity contribution in [1.29, 1.82) is 5.26 Å². The van der Waals surface area contributed by atoms with Crippen molar-refractivity contribution in [2.45, 2.75) is 0 Å². The number of nitrogens with zero attached hydrogens (tertiary/aromatic N) is 12. The predicted octanol–water partition coefficient (Wildman–Crippen LogP) is 27.9. The highest BCUT2D eigenvalue weighted by atomic mass is 15.1. The SMILES string of the molecule is N#Cc1ccc(-c2nc3ccccc3nc2-n2c3ccc(-c4ccc(-c5cccc(-c6ccc7nc(-c8cccc(-c9cc(-c%10ccccc%10)c%10c%11cc%12ccccc%12cc%11n(-c%11nc%12ccccc%12nc%11-c%11cccnc%11)c%10c9)n8)c(-n8c9cc%10ccccc%10cc9c9c(-c%10ccccc%10)cccc98)nc7c6)c5)cc4)cc3c3cc4ccccc4cc32)cc1. The molecule has 12 nitrogen and oxygen atoms in total. The van der Waals surface area contributed by atoms with Gasteiger partial charge in [-0.15, -0.1) is 0 Å². The van der Waals surface area contributed by atoms with Crippen molar-refractivity contribution in [1.82, 2.24) is 53.6 Å². The Labute approximate surface area is 715 Å². The molecule has 12 heteroatoms. The molecule has 0 aliphatic rings. The molecule has 125 heavy (non-hydrogen) atoms. The Kier molecular flexibility index (Phi) is 16.1. The lowest BCUT2D eigenvalue weighted by Gasteiger charge is -2.16. The largest absolute Gasteiger partial charge is 0.292 e. The van der Waals surface area contributed by atoms with E-state index in [1.807, 2.05) is 85.1 Å². The van der Waals surface area contributed by atoms with Crippen LogP contribution in [0.4, 0.5) is 0 Å². The number of para-hydroxylation sites is 4. The average molecular weight is 1590 g/mol. The van der Waals surface area contributed by atoms with E-state index in [1.54, 1.807) is 6.20 Å². The fraction of sp³-hybridized carbons (Fsp3) is 0. The summed E-state index contributed by atoms with van der Waals surface area (Å²) in [6.07, 6.45) is 3.67. The Hall–Kier alpha value is -17.3. The summed E-state index contributed by atoms with van der Waals surface area (Å²) in [4.78, 5) is 44.0. The molecule has 8 aromatic heterocycles. The van der Waals surface area contributed by atoms with Gasteiger partial charge < -0.3 is 0 Å². The molecular formula is C113H66N12. The molecule has 0 unspecified atom stereocenters. The monoisotopic (exact) mass is 1590 g/mol. The fourth-order valence-corrected chi connectivity index (χ4v) is 18.9. The highest BCUT2D eigenvalue weighted by molar-refractivity contribution is 6.22. The number of nitriles is 1. The molecular weight excluding hydrogens is 1530 g/mol. The lowest BCUT2D eigenvalue weighted by Crippen LogP contribution is -2.05. The van der Waals surface area contributed by atoms with Crippen molar-refractivity contribution in [3.8, 4) is 124 Å². The van der Waals surface area contributed by atoms with Crippen LogP contribution in [0.1, 0.15) is 5.56 Å². The maximum absolute atomic E-state index is 9.80. The highest BCUT2D eigenvalue weighted by Gasteiger charge is 2.28. The van der Waals surface area contributed by atoms with Crippen LogP contribution in [0.5, 0.6) is 0 Å². The Morgan fingerprint density at radius 1 is 0.216 bits per heavy atom. The van der Waals surface area contributed by atoms with E-state index in [0.29, 0.717) is 40.1 Å². The van der Waals surface area contributed by atoms with Crippen molar-refractivity contribution < 1.29 is 0 Å². The molecule has 17 aromatic carbocycles. The molecule has 0 radical (unpaired) electrons. The van der Waals surface area contributed by atoms with Crippen LogP contribution in [0.3, 0.4) is 0 Å². The van der Waals surface area contributed by atoms with E-state index < -0.39 is 0 Å². The fourth-order valence-electron chi connectivity index (χ4n) is 18.9. The number of pyridine rings is 2. The maximum atomic E-state index is 9.80. The van der Waals surface area contributed by atoms with Gasteiger partial charge in [-0.25, -0.2) is 34.9 Å². The Bertz CT molecular complexity index is 8860.